The van der Waals surface area contributed by atoms with Gasteiger partial charge in [-0.1, -0.05) is 20.3 Å². The van der Waals surface area contributed by atoms with E-state index in [-0.39, 0.29) is 0 Å². The van der Waals surface area contributed by atoms with Gasteiger partial charge in [-0.2, -0.15) is 0 Å². The Morgan fingerprint density at radius 3 is 2.87 bits per heavy atom. The quantitative estimate of drug-likeness (QED) is 0.798. The first-order valence-corrected chi connectivity index (χ1v) is 5.77. The van der Waals surface area contributed by atoms with Crippen LogP contribution in [0.1, 0.15) is 38.7 Å². The predicted octanol–water partition coefficient (Wildman–Crippen LogP) is 3.38. The second kappa shape index (κ2) is 3.84. The Hall–Kier alpha value is -1.05. The summed E-state index contributed by atoms with van der Waals surface area (Å²) in [5, 5.41) is 3.56. The summed E-state index contributed by atoms with van der Waals surface area (Å²) in [6, 6.07) is 4.73. The van der Waals surface area contributed by atoms with E-state index in [2.05, 4.69) is 37.1 Å². The molecule has 1 N–H and O–H groups in total. The minimum Gasteiger partial charge on any atom is -0.367 e. The van der Waals surface area contributed by atoms with Crippen LogP contribution >= 0.6 is 0 Å². The van der Waals surface area contributed by atoms with Crippen molar-refractivity contribution < 1.29 is 0 Å². The molecule has 1 aliphatic carbocycles. The van der Waals surface area contributed by atoms with Crippen LogP contribution in [0.25, 0.3) is 0 Å². The molecule has 1 heterocycles. The van der Waals surface area contributed by atoms with Crippen molar-refractivity contribution >= 4 is 5.82 Å². The number of aromatic nitrogens is 1. The zero-order chi connectivity index (χ0) is 10.9. The van der Waals surface area contributed by atoms with Crippen molar-refractivity contribution in [3.8, 4) is 0 Å². The molecule has 1 aromatic rings. The molecule has 0 radical (unpaired) electrons. The van der Waals surface area contributed by atoms with Crippen molar-refractivity contribution in [2.45, 2.75) is 46.1 Å². The van der Waals surface area contributed by atoms with Gasteiger partial charge in [0.25, 0.3) is 0 Å². The van der Waals surface area contributed by atoms with Crippen LogP contribution in [0.4, 0.5) is 5.82 Å². The summed E-state index contributed by atoms with van der Waals surface area (Å²) in [7, 11) is 0. The van der Waals surface area contributed by atoms with E-state index in [9.17, 15) is 0 Å². The molecule has 0 spiro atoms. The van der Waals surface area contributed by atoms with Gasteiger partial charge in [0.05, 0.1) is 0 Å². The van der Waals surface area contributed by atoms with E-state index in [1.807, 2.05) is 12.3 Å². The van der Waals surface area contributed by atoms with Gasteiger partial charge in [0.15, 0.2) is 0 Å². The van der Waals surface area contributed by atoms with Gasteiger partial charge in [-0.25, -0.2) is 4.98 Å². The molecule has 0 aromatic carbocycles. The fourth-order valence-corrected chi connectivity index (χ4v) is 2.39. The number of rotatable bonds is 2. The van der Waals surface area contributed by atoms with E-state index in [1.54, 1.807) is 0 Å². The normalized spacial score (nSPS) is 24.1. The monoisotopic (exact) mass is 204 g/mol. The van der Waals surface area contributed by atoms with Crippen LogP contribution in [-0.2, 0) is 0 Å². The molecule has 1 aromatic heterocycles. The third-order valence-electron chi connectivity index (χ3n) is 3.49. The first-order valence-electron chi connectivity index (χ1n) is 5.77. The summed E-state index contributed by atoms with van der Waals surface area (Å²) in [5.41, 5.74) is 1.68. The zero-order valence-electron chi connectivity index (χ0n) is 9.88. The average molecular weight is 204 g/mol. The number of nitrogens with one attached hydrogen (secondary N) is 1. The van der Waals surface area contributed by atoms with Crippen LogP contribution in [0, 0.1) is 12.3 Å². The molecule has 82 valence electrons. The number of hydrogen-bond acceptors (Lipinski definition) is 2. The van der Waals surface area contributed by atoms with Crippen molar-refractivity contribution in [2.24, 2.45) is 5.41 Å². The summed E-state index contributed by atoms with van der Waals surface area (Å²) >= 11 is 0. The lowest BCUT2D eigenvalue weighted by atomic mass is 9.87. The molecule has 1 atom stereocenters. The van der Waals surface area contributed by atoms with E-state index in [0.29, 0.717) is 11.5 Å². The molecule has 1 saturated carbocycles. The average Bonchev–Trinajstić information content (AvgIpc) is 2.46. The Labute approximate surface area is 92.1 Å². The first kappa shape index (κ1) is 10.5. The lowest BCUT2D eigenvalue weighted by molar-refractivity contribution is 0.349. The predicted molar refractivity (Wildman–Crippen MR) is 64.0 cm³/mol. The van der Waals surface area contributed by atoms with Gasteiger partial charge in [0.1, 0.15) is 5.82 Å². The van der Waals surface area contributed by atoms with E-state index >= 15 is 0 Å². The van der Waals surface area contributed by atoms with E-state index in [0.717, 1.165) is 5.82 Å². The Balaban J connectivity index is 2.09. The van der Waals surface area contributed by atoms with Crippen LogP contribution < -0.4 is 5.32 Å². The molecular formula is C13H20N2. The van der Waals surface area contributed by atoms with Crippen LogP contribution in [0.2, 0.25) is 0 Å². The van der Waals surface area contributed by atoms with E-state index < -0.39 is 0 Å². The minimum absolute atomic E-state index is 0.408. The smallest absolute Gasteiger partial charge is 0.126 e. The molecular weight excluding hydrogens is 184 g/mol. The second-order valence-electron chi connectivity index (χ2n) is 5.30. The maximum Gasteiger partial charge on any atom is 0.126 e. The Bertz CT molecular complexity index is 344. The van der Waals surface area contributed by atoms with Crippen LogP contribution in [0.5, 0.6) is 0 Å². The Morgan fingerprint density at radius 2 is 2.27 bits per heavy atom. The lowest BCUT2D eigenvalue weighted by Gasteiger charge is -2.28. The number of pyridine rings is 1. The molecule has 0 amide bonds. The number of aryl methyl sites for hydroxylation is 1. The minimum atomic E-state index is 0.408. The Kier molecular flexibility index (Phi) is 2.68. The fraction of sp³-hybridized carbons (Fsp3) is 0.615. The maximum absolute atomic E-state index is 4.36. The maximum atomic E-state index is 4.36. The molecule has 0 saturated heterocycles. The molecule has 15 heavy (non-hydrogen) atoms. The largest absolute Gasteiger partial charge is 0.367 e. The summed E-state index contributed by atoms with van der Waals surface area (Å²) < 4.78 is 0. The first-order chi connectivity index (χ1) is 7.08. The summed E-state index contributed by atoms with van der Waals surface area (Å²) in [4.78, 5) is 4.36. The summed E-state index contributed by atoms with van der Waals surface area (Å²) in [5.74, 6) is 1.02. The lowest BCUT2D eigenvalue weighted by Crippen LogP contribution is -2.31. The number of nitrogens with zero attached hydrogens (tertiary/aromatic N) is 1. The van der Waals surface area contributed by atoms with E-state index in [1.165, 1.54) is 24.8 Å². The fourth-order valence-electron chi connectivity index (χ4n) is 2.39. The van der Waals surface area contributed by atoms with Gasteiger partial charge in [0, 0.05) is 12.2 Å². The van der Waals surface area contributed by atoms with Crippen molar-refractivity contribution in [3.05, 3.63) is 23.9 Å². The van der Waals surface area contributed by atoms with Crippen molar-refractivity contribution in [2.75, 3.05) is 5.32 Å². The highest BCUT2D eigenvalue weighted by Gasteiger charge is 2.34. The highest BCUT2D eigenvalue weighted by molar-refractivity contribution is 5.38. The summed E-state index contributed by atoms with van der Waals surface area (Å²) in [6.07, 6.45) is 5.79. The molecule has 2 heteroatoms. The number of hydrogen-bond donors (Lipinski definition) is 1. The second-order valence-corrected chi connectivity index (χ2v) is 5.30. The molecule has 2 nitrogen and oxygen atoms in total. The van der Waals surface area contributed by atoms with Crippen LogP contribution in [0.15, 0.2) is 18.3 Å². The molecule has 2 rings (SSSR count). The molecule has 1 unspecified atom stereocenters. The molecule has 0 aliphatic heterocycles. The van der Waals surface area contributed by atoms with Gasteiger partial charge >= 0.3 is 0 Å². The standard InChI is InChI=1S/C13H20N2/c1-10-6-8-14-12(9-10)15-11-5-4-7-13(11,2)3/h6,8-9,11H,4-5,7H2,1-3H3,(H,14,15). The third-order valence-corrected chi connectivity index (χ3v) is 3.49. The van der Waals surface area contributed by atoms with Crippen molar-refractivity contribution in [1.82, 2.24) is 4.98 Å². The zero-order valence-corrected chi connectivity index (χ0v) is 9.88. The summed E-state index contributed by atoms with van der Waals surface area (Å²) in [6.45, 7) is 6.79. The van der Waals surface area contributed by atoms with Gasteiger partial charge in [-0.3, -0.25) is 0 Å². The van der Waals surface area contributed by atoms with E-state index in [4.69, 9.17) is 0 Å². The molecule has 1 fully saturated rings. The van der Waals surface area contributed by atoms with Crippen molar-refractivity contribution in [3.63, 3.8) is 0 Å². The SMILES string of the molecule is Cc1ccnc(NC2CCCC2(C)C)c1. The molecule has 1 aliphatic rings. The third kappa shape index (κ3) is 2.31. The highest BCUT2D eigenvalue weighted by atomic mass is 15.0. The van der Waals surface area contributed by atoms with Gasteiger partial charge in [-0.15, -0.1) is 0 Å². The topological polar surface area (TPSA) is 24.9 Å². The van der Waals surface area contributed by atoms with Crippen LogP contribution in [0.3, 0.4) is 0 Å². The number of anilines is 1. The molecule has 0 bridgehead atoms. The van der Waals surface area contributed by atoms with Gasteiger partial charge in [-0.05, 0) is 42.9 Å². The van der Waals surface area contributed by atoms with Crippen LogP contribution in [-0.4, -0.2) is 11.0 Å². The highest BCUT2D eigenvalue weighted by Crippen LogP contribution is 2.38. The Morgan fingerprint density at radius 1 is 1.47 bits per heavy atom. The van der Waals surface area contributed by atoms with Gasteiger partial charge < -0.3 is 5.32 Å². The van der Waals surface area contributed by atoms with Gasteiger partial charge in [0.2, 0.25) is 0 Å². The van der Waals surface area contributed by atoms with Crippen molar-refractivity contribution in [1.29, 1.82) is 0 Å².